The van der Waals surface area contributed by atoms with Crippen LogP contribution in [0.4, 0.5) is 5.82 Å². The zero-order valence-electron chi connectivity index (χ0n) is 11.5. The molecule has 1 atom stereocenters. The number of hydrogen-bond donors (Lipinski definition) is 1. The van der Waals surface area contributed by atoms with Gasteiger partial charge in [0, 0.05) is 4.88 Å². The van der Waals surface area contributed by atoms with E-state index < -0.39 is 0 Å². The Balaban J connectivity index is 1.81. The first-order chi connectivity index (χ1) is 9.83. The molecule has 1 unspecified atom stereocenters. The summed E-state index contributed by atoms with van der Waals surface area (Å²) in [6, 6.07) is 0. The van der Waals surface area contributed by atoms with Crippen molar-refractivity contribution in [2.75, 3.05) is 11.5 Å². The summed E-state index contributed by atoms with van der Waals surface area (Å²) in [7, 11) is 0. The topological polar surface area (TPSA) is 51.8 Å². The van der Waals surface area contributed by atoms with Crippen molar-refractivity contribution in [1.29, 1.82) is 0 Å². The summed E-state index contributed by atoms with van der Waals surface area (Å²) >= 11 is 3.84. The second-order valence-corrected chi connectivity index (χ2v) is 8.11. The summed E-state index contributed by atoms with van der Waals surface area (Å²) in [6.07, 6.45) is 8.74. The van der Waals surface area contributed by atoms with Gasteiger partial charge in [0.25, 0.3) is 0 Å². The van der Waals surface area contributed by atoms with Gasteiger partial charge >= 0.3 is 0 Å². The predicted octanol–water partition coefficient (Wildman–Crippen LogP) is 4.11. The Hall–Kier alpha value is -0.810. The molecule has 2 aromatic rings. The third kappa shape index (κ3) is 2.11. The zero-order valence-corrected chi connectivity index (χ0v) is 13.2. The lowest BCUT2D eigenvalue weighted by atomic mass is 9.97. The number of nitrogens with two attached hydrogens (primary N) is 1. The molecule has 3 heterocycles. The molecule has 0 radical (unpaired) electrons. The van der Waals surface area contributed by atoms with E-state index in [0.717, 1.165) is 28.3 Å². The number of anilines is 1. The fourth-order valence-electron chi connectivity index (χ4n) is 3.29. The maximum Gasteiger partial charge on any atom is 0.145 e. The number of thiophene rings is 1. The number of rotatable bonds is 1. The van der Waals surface area contributed by atoms with Gasteiger partial charge in [-0.2, -0.15) is 11.8 Å². The Labute approximate surface area is 127 Å². The molecule has 1 fully saturated rings. The van der Waals surface area contributed by atoms with Gasteiger partial charge in [-0.3, -0.25) is 0 Å². The molecule has 3 nitrogen and oxygen atoms in total. The van der Waals surface area contributed by atoms with Crippen LogP contribution in [0.25, 0.3) is 10.2 Å². The van der Waals surface area contributed by atoms with Gasteiger partial charge in [0.05, 0.1) is 10.6 Å². The molecule has 20 heavy (non-hydrogen) atoms. The van der Waals surface area contributed by atoms with Crippen molar-refractivity contribution < 1.29 is 0 Å². The van der Waals surface area contributed by atoms with E-state index in [9.17, 15) is 0 Å². The maximum absolute atomic E-state index is 6.28. The summed E-state index contributed by atoms with van der Waals surface area (Å²) in [5, 5.41) is 1.61. The van der Waals surface area contributed by atoms with Gasteiger partial charge in [0.2, 0.25) is 0 Å². The van der Waals surface area contributed by atoms with Crippen molar-refractivity contribution in [1.82, 2.24) is 9.97 Å². The smallest absolute Gasteiger partial charge is 0.145 e. The molecule has 1 aliphatic carbocycles. The van der Waals surface area contributed by atoms with Crippen LogP contribution in [0.1, 0.15) is 53.6 Å². The van der Waals surface area contributed by atoms with Gasteiger partial charge in [-0.25, -0.2) is 9.97 Å². The highest BCUT2D eigenvalue weighted by atomic mass is 32.2. The number of nitrogens with zero attached hydrogens (tertiary/aromatic N) is 2. The Morgan fingerprint density at radius 1 is 1.05 bits per heavy atom. The van der Waals surface area contributed by atoms with Gasteiger partial charge in [0.15, 0.2) is 0 Å². The average molecular weight is 305 g/mol. The lowest BCUT2D eigenvalue weighted by Crippen LogP contribution is -2.08. The van der Waals surface area contributed by atoms with E-state index in [2.05, 4.69) is 4.98 Å². The van der Waals surface area contributed by atoms with Gasteiger partial charge < -0.3 is 5.73 Å². The van der Waals surface area contributed by atoms with Crippen LogP contribution in [0.5, 0.6) is 0 Å². The van der Waals surface area contributed by atoms with E-state index in [-0.39, 0.29) is 0 Å². The largest absolute Gasteiger partial charge is 0.383 e. The van der Waals surface area contributed by atoms with Crippen molar-refractivity contribution in [3.8, 4) is 0 Å². The number of aromatic nitrogens is 2. The Morgan fingerprint density at radius 3 is 2.80 bits per heavy atom. The zero-order chi connectivity index (χ0) is 13.5. The van der Waals surface area contributed by atoms with Crippen molar-refractivity contribution in [2.24, 2.45) is 0 Å². The van der Waals surface area contributed by atoms with Crippen LogP contribution in [0.3, 0.4) is 0 Å². The van der Waals surface area contributed by atoms with Gasteiger partial charge in [-0.15, -0.1) is 11.3 Å². The minimum atomic E-state index is 0.453. The predicted molar refractivity (Wildman–Crippen MR) is 87.5 cm³/mol. The molecule has 4 rings (SSSR count). The standard InChI is InChI=1S/C15H19N3S2/c16-13-12-9-5-1-2-6-10(9)20-15(12)18-14(17-13)11-7-3-4-8-19-11/h11H,1-8H2,(H2,16,17,18). The number of nitrogen functional groups attached to an aromatic ring is 1. The quantitative estimate of drug-likeness (QED) is 0.861. The summed E-state index contributed by atoms with van der Waals surface area (Å²) in [5.74, 6) is 2.92. The molecule has 106 valence electrons. The van der Waals surface area contributed by atoms with Crippen LogP contribution < -0.4 is 5.73 Å². The lowest BCUT2D eigenvalue weighted by molar-refractivity contribution is 0.665. The van der Waals surface area contributed by atoms with E-state index in [1.165, 1.54) is 54.7 Å². The molecule has 0 saturated carbocycles. The fourth-order valence-corrected chi connectivity index (χ4v) is 5.81. The molecular formula is C15H19N3S2. The third-order valence-electron chi connectivity index (χ3n) is 4.33. The molecular weight excluding hydrogens is 286 g/mol. The van der Waals surface area contributed by atoms with E-state index in [4.69, 9.17) is 10.7 Å². The van der Waals surface area contributed by atoms with E-state index in [1.54, 1.807) is 0 Å². The minimum absolute atomic E-state index is 0.453. The van der Waals surface area contributed by atoms with Crippen LogP contribution >= 0.6 is 23.1 Å². The summed E-state index contributed by atoms with van der Waals surface area (Å²) in [6.45, 7) is 0. The van der Waals surface area contributed by atoms with Crippen molar-refractivity contribution in [3.63, 3.8) is 0 Å². The van der Waals surface area contributed by atoms with E-state index >= 15 is 0 Å². The Bertz CT molecular complexity index is 644. The van der Waals surface area contributed by atoms with Crippen LogP contribution in [-0.4, -0.2) is 15.7 Å². The second kappa shape index (κ2) is 5.19. The maximum atomic E-state index is 6.28. The number of fused-ring (bicyclic) bond motifs is 3. The van der Waals surface area contributed by atoms with Gasteiger partial charge in [-0.1, -0.05) is 6.42 Å². The Kier molecular flexibility index (Phi) is 3.34. The Morgan fingerprint density at radius 2 is 1.95 bits per heavy atom. The SMILES string of the molecule is Nc1nc(C2CCCCS2)nc2sc3c(c12)CCCC3. The monoisotopic (exact) mass is 305 g/mol. The van der Waals surface area contributed by atoms with Gasteiger partial charge in [-0.05, 0) is 49.8 Å². The molecule has 0 bridgehead atoms. The molecule has 0 aromatic carbocycles. The first-order valence-electron chi connectivity index (χ1n) is 7.52. The van der Waals surface area contributed by atoms with Crippen molar-refractivity contribution in [3.05, 3.63) is 16.3 Å². The fraction of sp³-hybridized carbons (Fsp3) is 0.600. The third-order valence-corrected chi connectivity index (χ3v) is 6.89. The molecule has 1 saturated heterocycles. The van der Waals surface area contributed by atoms with Crippen LogP contribution in [0.2, 0.25) is 0 Å². The molecule has 1 aliphatic heterocycles. The van der Waals surface area contributed by atoms with E-state index in [0.29, 0.717) is 5.25 Å². The first-order valence-corrected chi connectivity index (χ1v) is 9.39. The minimum Gasteiger partial charge on any atom is -0.383 e. The normalized spacial score (nSPS) is 22.9. The number of aryl methyl sites for hydroxylation is 2. The molecule has 2 N–H and O–H groups in total. The molecule has 2 aliphatic rings. The highest BCUT2D eigenvalue weighted by Crippen LogP contribution is 2.41. The van der Waals surface area contributed by atoms with E-state index in [1.807, 2.05) is 23.1 Å². The second-order valence-electron chi connectivity index (χ2n) is 5.71. The first kappa shape index (κ1) is 12.9. The molecule has 0 spiro atoms. The highest BCUT2D eigenvalue weighted by molar-refractivity contribution is 7.99. The summed E-state index contributed by atoms with van der Waals surface area (Å²) in [5.41, 5.74) is 7.72. The summed E-state index contributed by atoms with van der Waals surface area (Å²) in [4.78, 5) is 12.2. The molecule has 5 heteroatoms. The molecule has 0 amide bonds. The van der Waals surface area contributed by atoms with Crippen LogP contribution in [-0.2, 0) is 12.8 Å². The van der Waals surface area contributed by atoms with Crippen molar-refractivity contribution in [2.45, 2.75) is 50.2 Å². The van der Waals surface area contributed by atoms with Crippen molar-refractivity contribution >= 4 is 39.1 Å². The van der Waals surface area contributed by atoms with Crippen LogP contribution in [0, 0.1) is 0 Å². The number of thioether (sulfide) groups is 1. The summed E-state index contributed by atoms with van der Waals surface area (Å²) < 4.78 is 0. The van der Waals surface area contributed by atoms with Crippen LogP contribution in [0.15, 0.2) is 0 Å². The average Bonchev–Trinajstić information content (AvgIpc) is 2.87. The lowest BCUT2D eigenvalue weighted by Gasteiger charge is -2.20. The number of hydrogen-bond acceptors (Lipinski definition) is 5. The highest BCUT2D eigenvalue weighted by Gasteiger charge is 2.24. The van der Waals surface area contributed by atoms with Gasteiger partial charge in [0.1, 0.15) is 16.5 Å². The molecule has 2 aromatic heterocycles.